The quantitative estimate of drug-likeness (QED) is 0.659. The molecule has 2 N–H and O–H groups in total. The predicted octanol–water partition coefficient (Wildman–Crippen LogP) is 2.29. The van der Waals surface area contributed by atoms with Crippen molar-refractivity contribution in [3.8, 4) is 0 Å². The maximum absolute atomic E-state index is 11.8. The van der Waals surface area contributed by atoms with Crippen LogP contribution in [-0.2, 0) is 4.79 Å². The average Bonchev–Trinajstić information content (AvgIpc) is 3.13. The van der Waals surface area contributed by atoms with Gasteiger partial charge < -0.3 is 10.6 Å². The Morgan fingerprint density at radius 1 is 1.53 bits per heavy atom. The van der Waals surface area contributed by atoms with E-state index in [2.05, 4.69) is 0 Å². The van der Waals surface area contributed by atoms with Crippen LogP contribution >= 0.6 is 11.8 Å². The fourth-order valence-corrected chi connectivity index (χ4v) is 2.57. The molecular formula is C13H18N2OS. The van der Waals surface area contributed by atoms with Crippen molar-refractivity contribution < 1.29 is 4.79 Å². The van der Waals surface area contributed by atoms with E-state index in [-0.39, 0.29) is 5.91 Å². The molecule has 0 spiro atoms. The summed E-state index contributed by atoms with van der Waals surface area (Å²) in [5.41, 5.74) is 7.63. The van der Waals surface area contributed by atoms with E-state index in [1.54, 1.807) is 11.8 Å². The molecule has 17 heavy (non-hydrogen) atoms. The van der Waals surface area contributed by atoms with Gasteiger partial charge in [-0.25, -0.2) is 0 Å². The minimum absolute atomic E-state index is 0.215. The van der Waals surface area contributed by atoms with Crippen molar-refractivity contribution in [1.29, 1.82) is 0 Å². The summed E-state index contributed by atoms with van der Waals surface area (Å²) < 4.78 is 0. The van der Waals surface area contributed by atoms with Crippen LogP contribution in [0.4, 0.5) is 5.69 Å². The van der Waals surface area contributed by atoms with Crippen molar-refractivity contribution in [2.45, 2.75) is 30.7 Å². The van der Waals surface area contributed by atoms with Crippen molar-refractivity contribution in [2.75, 3.05) is 18.5 Å². The molecule has 3 nitrogen and oxygen atoms in total. The average molecular weight is 250 g/mol. The number of hydrogen-bond donors (Lipinski definition) is 1. The van der Waals surface area contributed by atoms with Gasteiger partial charge in [-0.05, 0) is 43.5 Å². The SMILES string of the molecule is Cc1cc(SCC(=O)N(C)C2CC2)ccc1N. The van der Waals surface area contributed by atoms with Gasteiger partial charge in [-0.2, -0.15) is 0 Å². The van der Waals surface area contributed by atoms with E-state index >= 15 is 0 Å². The smallest absolute Gasteiger partial charge is 0.232 e. The van der Waals surface area contributed by atoms with Crippen molar-refractivity contribution in [1.82, 2.24) is 4.90 Å². The molecule has 1 aliphatic carbocycles. The van der Waals surface area contributed by atoms with Gasteiger partial charge in [0.1, 0.15) is 0 Å². The first-order valence-corrected chi connectivity index (χ1v) is 6.81. The largest absolute Gasteiger partial charge is 0.399 e. The van der Waals surface area contributed by atoms with Gasteiger partial charge in [-0.3, -0.25) is 4.79 Å². The summed E-state index contributed by atoms with van der Waals surface area (Å²) in [6.45, 7) is 1.98. The highest BCUT2D eigenvalue weighted by atomic mass is 32.2. The molecular weight excluding hydrogens is 232 g/mol. The molecule has 1 aromatic rings. The molecule has 0 heterocycles. The van der Waals surface area contributed by atoms with E-state index in [0.717, 1.165) is 29.0 Å². The zero-order chi connectivity index (χ0) is 12.4. The van der Waals surface area contributed by atoms with Crippen LogP contribution in [0.2, 0.25) is 0 Å². The van der Waals surface area contributed by atoms with Crippen LogP contribution in [0.15, 0.2) is 23.1 Å². The Morgan fingerprint density at radius 2 is 2.24 bits per heavy atom. The van der Waals surface area contributed by atoms with Crippen molar-refractivity contribution in [3.05, 3.63) is 23.8 Å². The number of amides is 1. The maximum Gasteiger partial charge on any atom is 0.232 e. The third-order valence-corrected chi connectivity index (χ3v) is 4.07. The van der Waals surface area contributed by atoms with Gasteiger partial charge in [0.05, 0.1) is 5.75 Å². The molecule has 0 saturated heterocycles. The van der Waals surface area contributed by atoms with Crippen LogP contribution in [0.5, 0.6) is 0 Å². The number of carbonyl (C=O) groups excluding carboxylic acids is 1. The molecule has 1 aliphatic rings. The molecule has 0 aromatic heterocycles. The first-order valence-electron chi connectivity index (χ1n) is 5.82. The summed E-state index contributed by atoms with van der Waals surface area (Å²) in [6.07, 6.45) is 2.32. The number of benzene rings is 1. The second-order valence-electron chi connectivity index (χ2n) is 4.54. The molecule has 0 bridgehead atoms. The van der Waals surface area contributed by atoms with Crippen LogP contribution < -0.4 is 5.73 Å². The number of nitrogen functional groups attached to an aromatic ring is 1. The zero-order valence-electron chi connectivity index (χ0n) is 10.3. The summed E-state index contributed by atoms with van der Waals surface area (Å²) in [4.78, 5) is 14.8. The van der Waals surface area contributed by atoms with Crippen LogP contribution in [0.1, 0.15) is 18.4 Å². The molecule has 1 saturated carbocycles. The number of rotatable bonds is 4. The Hall–Kier alpha value is -1.16. The summed E-state index contributed by atoms with van der Waals surface area (Å²) in [5, 5.41) is 0. The fraction of sp³-hybridized carbons (Fsp3) is 0.462. The topological polar surface area (TPSA) is 46.3 Å². The lowest BCUT2D eigenvalue weighted by Crippen LogP contribution is -2.30. The van der Waals surface area contributed by atoms with Gasteiger partial charge in [0.15, 0.2) is 0 Å². The lowest BCUT2D eigenvalue weighted by molar-refractivity contribution is -0.127. The third-order valence-electron chi connectivity index (χ3n) is 3.09. The van der Waals surface area contributed by atoms with E-state index < -0.39 is 0 Å². The van der Waals surface area contributed by atoms with Gasteiger partial charge in [-0.1, -0.05) is 0 Å². The highest BCUT2D eigenvalue weighted by molar-refractivity contribution is 8.00. The molecule has 0 unspecified atom stereocenters. The Bertz CT molecular complexity index is 429. The molecule has 1 fully saturated rings. The number of anilines is 1. The zero-order valence-corrected chi connectivity index (χ0v) is 11.1. The number of nitrogens with zero attached hydrogens (tertiary/aromatic N) is 1. The molecule has 0 radical (unpaired) electrons. The van der Waals surface area contributed by atoms with Gasteiger partial charge >= 0.3 is 0 Å². The van der Waals surface area contributed by atoms with E-state index in [1.165, 1.54) is 0 Å². The molecule has 4 heteroatoms. The number of carbonyl (C=O) groups is 1. The van der Waals surface area contributed by atoms with E-state index in [1.807, 2.05) is 37.1 Å². The van der Waals surface area contributed by atoms with Gasteiger partial charge in [0.25, 0.3) is 0 Å². The second kappa shape index (κ2) is 5.00. The molecule has 0 aliphatic heterocycles. The van der Waals surface area contributed by atoms with Crippen molar-refractivity contribution >= 4 is 23.4 Å². The van der Waals surface area contributed by atoms with Gasteiger partial charge in [0.2, 0.25) is 5.91 Å². The molecule has 2 rings (SSSR count). The number of aryl methyl sites for hydroxylation is 1. The summed E-state index contributed by atoms with van der Waals surface area (Å²) in [7, 11) is 1.90. The first kappa shape index (κ1) is 12.3. The van der Waals surface area contributed by atoms with Crippen LogP contribution in [-0.4, -0.2) is 29.6 Å². The number of nitrogens with two attached hydrogens (primary N) is 1. The minimum Gasteiger partial charge on any atom is -0.399 e. The van der Waals surface area contributed by atoms with Crippen LogP contribution in [0, 0.1) is 6.92 Å². The normalized spacial score (nSPS) is 14.7. The Morgan fingerprint density at radius 3 is 2.82 bits per heavy atom. The maximum atomic E-state index is 11.8. The van der Waals surface area contributed by atoms with Gasteiger partial charge in [0, 0.05) is 23.7 Å². The lowest BCUT2D eigenvalue weighted by Gasteiger charge is -2.15. The second-order valence-corrected chi connectivity index (χ2v) is 5.59. The molecule has 92 valence electrons. The first-order chi connectivity index (χ1) is 8.08. The molecule has 1 amide bonds. The monoisotopic (exact) mass is 250 g/mol. The van der Waals surface area contributed by atoms with Crippen LogP contribution in [0.3, 0.4) is 0 Å². The molecule has 1 aromatic carbocycles. The van der Waals surface area contributed by atoms with Crippen LogP contribution in [0.25, 0.3) is 0 Å². The van der Waals surface area contributed by atoms with E-state index in [9.17, 15) is 4.79 Å². The van der Waals surface area contributed by atoms with Crippen molar-refractivity contribution in [2.24, 2.45) is 0 Å². The molecule has 0 atom stereocenters. The lowest BCUT2D eigenvalue weighted by atomic mass is 10.2. The standard InChI is InChI=1S/C13H18N2OS/c1-9-7-11(5-6-12(9)14)17-8-13(16)15(2)10-3-4-10/h5-7,10H,3-4,8,14H2,1-2H3. The Balaban J connectivity index is 1.88. The Kier molecular flexibility index (Phi) is 3.62. The third kappa shape index (κ3) is 3.16. The minimum atomic E-state index is 0.215. The highest BCUT2D eigenvalue weighted by Crippen LogP contribution is 2.27. The highest BCUT2D eigenvalue weighted by Gasteiger charge is 2.29. The summed E-state index contributed by atoms with van der Waals surface area (Å²) in [5.74, 6) is 0.725. The fourth-order valence-electron chi connectivity index (χ4n) is 1.65. The van der Waals surface area contributed by atoms with Crippen molar-refractivity contribution in [3.63, 3.8) is 0 Å². The summed E-state index contributed by atoms with van der Waals surface area (Å²) in [6, 6.07) is 6.39. The van der Waals surface area contributed by atoms with E-state index in [0.29, 0.717) is 11.8 Å². The van der Waals surface area contributed by atoms with E-state index in [4.69, 9.17) is 5.73 Å². The number of hydrogen-bond acceptors (Lipinski definition) is 3. The van der Waals surface area contributed by atoms with Gasteiger partial charge in [-0.15, -0.1) is 11.8 Å². The number of thioether (sulfide) groups is 1. The summed E-state index contributed by atoms with van der Waals surface area (Å²) >= 11 is 1.58. The predicted molar refractivity (Wildman–Crippen MR) is 72.1 cm³/mol. The Labute approximate surface area is 106 Å².